The van der Waals surface area contributed by atoms with Gasteiger partial charge in [-0.15, -0.1) is 10.2 Å². The number of hydrogen-bond acceptors (Lipinski definition) is 5. The van der Waals surface area contributed by atoms with Crippen molar-refractivity contribution in [3.63, 3.8) is 0 Å². The first-order valence-corrected chi connectivity index (χ1v) is 6.85. The Bertz CT molecular complexity index is 597. The quantitative estimate of drug-likeness (QED) is 0.477. The molecule has 2 aromatic rings. The summed E-state index contributed by atoms with van der Waals surface area (Å²) < 4.78 is 1.92. The second kappa shape index (κ2) is 5.83. The molecule has 7 heteroatoms. The van der Waals surface area contributed by atoms with E-state index in [2.05, 4.69) is 10.2 Å². The third-order valence-corrected chi connectivity index (χ3v) is 3.86. The fourth-order valence-electron chi connectivity index (χ4n) is 1.73. The third-order valence-electron chi connectivity index (χ3n) is 2.79. The smallest absolute Gasteiger partial charge is 0.273 e. The lowest BCUT2D eigenvalue weighted by Crippen LogP contribution is -1.98. The minimum atomic E-state index is -0.357. The standard InChI is InChI=1S/C12H14N4O2S/c1-3-11-13-14-12(15(11)2)19-8-9-6-4-5-7-10(9)16(17)18/h4-7H,3,8H2,1-2H3. The van der Waals surface area contributed by atoms with Crippen molar-refractivity contribution in [3.05, 3.63) is 45.8 Å². The minimum absolute atomic E-state index is 0.146. The Balaban J connectivity index is 2.14. The Morgan fingerprint density at radius 2 is 2.11 bits per heavy atom. The third kappa shape index (κ3) is 2.93. The summed E-state index contributed by atoms with van der Waals surface area (Å²) in [5.74, 6) is 1.41. The molecule has 0 saturated heterocycles. The largest absolute Gasteiger partial charge is 0.309 e. The van der Waals surface area contributed by atoms with Crippen LogP contribution in [0.5, 0.6) is 0 Å². The van der Waals surface area contributed by atoms with Gasteiger partial charge in [0.15, 0.2) is 5.16 Å². The van der Waals surface area contributed by atoms with Crippen LogP contribution in [0.2, 0.25) is 0 Å². The van der Waals surface area contributed by atoms with Crippen molar-refractivity contribution in [2.24, 2.45) is 7.05 Å². The molecule has 0 bridgehead atoms. The number of nitrogens with zero attached hydrogens (tertiary/aromatic N) is 4. The zero-order chi connectivity index (χ0) is 13.8. The van der Waals surface area contributed by atoms with Crippen molar-refractivity contribution in [2.75, 3.05) is 0 Å². The summed E-state index contributed by atoms with van der Waals surface area (Å²) in [5.41, 5.74) is 0.839. The SMILES string of the molecule is CCc1nnc(SCc2ccccc2[N+](=O)[O-])n1C. The molecular weight excluding hydrogens is 264 g/mol. The molecule has 19 heavy (non-hydrogen) atoms. The van der Waals surface area contributed by atoms with Crippen LogP contribution in [-0.4, -0.2) is 19.7 Å². The number of para-hydroxylation sites is 1. The number of nitro benzene ring substituents is 1. The Morgan fingerprint density at radius 1 is 1.37 bits per heavy atom. The number of hydrogen-bond donors (Lipinski definition) is 0. The predicted octanol–water partition coefficient (Wildman–Crippen LogP) is 2.58. The Hall–Kier alpha value is -1.89. The first-order valence-electron chi connectivity index (χ1n) is 5.86. The van der Waals surface area contributed by atoms with Crippen LogP contribution in [0.15, 0.2) is 29.4 Å². The zero-order valence-corrected chi connectivity index (χ0v) is 11.6. The Labute approximate surface area is 115 Å². The Morgan fingerprint density at radius 3 is 2.74 bits per heavy atom. The average Bonchev–Trinajstić information content (AvgIpc) is 2.77. The molecule has 0 radical (unpaired) electrons. The number of thioether (sulfide) groups is 1. The van der Waals surface area contributed by atoms with Crippen LogP contribution in [0, 0.1) is 10.1 Å². The molecule has 0 aliphatic carbocycles. The fraction of sp³-hybridized carbons (Fsp3) is 0.333. The van der Waals surface area contributed by atoms with Gasteiger partial charge in [-0.2, -0.15) is 0 Å². The van der Waals surface area contributed by atoms with E-state index >= 15 is 0 Å². The molecule has 0 aliphatic heterocycles. The van der Waals surface area contributed by atoms with Gasteiger partial charge in [-0.3, -0.25) is 10.1 Å². The summed E-state index contributed by atoms with van der Waals surface area (Å²) in [7, 11) is 1.90. The maximum atomic E-state index is 10.9. The highest BCUT2D eigenvalue weighted by Gasteiger charge is 2.14. The molecular formula is C12H14N4O2S. The second-order valence-corrected chi connectivity index (χ2v) is 4.93. The maximum absolute atomic E-state index is 10.9. The topological polar surface area (TPSA) is 73.8 Å². The molecule has 2 rings (SSSR count). The lowest BCUT2D eigenvalue weighted by atomic mass is 10.2. The van der Waals surface area contributed by atoms with E-state index in [1.54, 1.807) is 18.2 Å². The Kier molecular flexibility index (Phi) is 4.16. The van der Waals surface area contributed by atoms with E-state index in [-0.39, 0.29) is 10.6 Å². The average molecular weight is 278 g/mol. The molecule has 1 aromatic heterocycles. The normalized spacial score (nSPS) is 10.6. The molecule has 0 spiro atoms. The highest BCUT2D eigenvalue weighted by Crippen LogP contribution is 2.26. The number of rotatable bonds is 5. The molecule has 100 valence electrons. The van der Waals surface area contributed by atoms with Crippen LogP contribution >= 0.6 is 11.8 Å². The molecule has 0 atom stereocenters. The zero-order valence-electron chi connectivity index (χ0n) is 10.7. The first kappa shape index (κ1) is 13.5. The van der Waals surface area contributed by atoms with Crippen LogP contribution in [-0.2, 0) is 19.2 Å². The van der Waals surface area contributed by atoms with Gasteiger partial charge in [-0.1, -0.05) is 36.9 Å². The minimum Gasteiger partial charge on any atom is -0.309 e. The molecule has 0 aliphatic rings. The van der Waals surface area contributed by atoms with Gasteiger partial charge in [0.1, 0.15) is 5.82 Å². The summed E-state index contributed by atoms with van der Waals surface area (Å²) in [4.78, 5) is 10.6. The van der Waals surface area contributed by atoms with Crippen LogP contribution < -0.4 is 0 Å². The van der Waals surface area contributed by atoms with E-state index in [1.807, 2.05) is 18.5 Å². The van der Waals surface area contributed by atoms with Crippen LogP contribution in [0.25, 0.3) is 0 Å². The predicted molar refractivity (Wildman–Crippen MR) is 73.0 cm³/mol. The van der Waals surface area contributed by atoms with Gasteiger partial charge >= 0.3 is 0 Å². The van der Waals surface area contributed by atoms with Crippen molar-refractivity contribution >= 4 is 17.4 Å². The van der Waals surface area contributed by atoms with Crippen molar-refractivity contribution in [2.45, 2.75) is 24.3 Å². The summed E-state index contributed by atoms with van der Waals surface area (Å²) in [6.07, 6.45) is 0.815. The molecule has 1 heterocycles. The first-order chi connectivity index (χ1) is 9.13. The van der Waals surface area contributed by atoms with Crippen LogP contribution in [0.1, 0.15) is 18.3 Å². The molecule has 0 amide bonds. The highest BCUT2D eigenvalue weighted by atomic mass is 32.2. The van der Waals surface area contributed by atoms with Gasteiger partial charge in [0.2, 0.25) is 0 Å². The van der Waals surface area contributed by atoms with Gasteiger partial charge < -0.3 is 4.57 Å². The highest BCUT2D eigenvalue weighted by molar-refractivity contribution is 7.98. The molecule has 0 unspecified atom stereocenters. The summed E-state index contributed by atoms with van der Waals surface area (Å²) in [6.45, 7) is 2.01. The van der Waals surface area contributed by atoms with Crippen molar-refractivity contribution in [3.8, 4) is 0 Å². The van der Waals surface area contributed by atoms with Crippen molar-refractivity contribution in [1.82, 2.24) is 14.8 Å². The van der Waals surface area contributed by atoms with E-state index in [4.69, 9.17) is 0 Å². The monoisotopic (exact) mass is 278 g/mol. The van der Waals surface area contributed by atoms with E-state index in [1.165, 1.54) is 17.8 Å². The van der Waals surface area contributed by atoms with Crippen LogP contribution in [0.4, 0.5) is 5.69 Å². The van der Waals surface area contributed by atoms with Gasteiger partial charge in [0.05, 0.1) is 4.92 Å². The molecule has 6 nitrogen and oxygen atoms in total. The maximum Gasteiger partial charge on any atom is 0.273 e. The molecule has 0 N–H and O–H groups in total. The number of aromatic nitrogens is 3. The summed E-state index contributed by atoms with van der Waals surface area (Å²) in [6, 6.07) is 6.76. The number of aryl methyl sites for hydroxylation is 1. The number of benzene rings is 1. The van der Waals surface area contributed by atoms with Crippen molar-refractivity contribution < 1.29 is 4.92 Å². The van der Waals surface area contributed by atoms with Gasteiger partial charge in [-0.25, -0.2) is 0 Å². The fourth-order valence-corrected chi connectivity index (χ4v) is 2.66. The number of nitro groups is 1. The van der Waals surface area contributed by atoms with Gasteiger partial charge in [-0.05, 0) is 0 Å². The summed E-state index contributed by atoms with van der Waals surface area (Å²) in [5, 5.41) is 19.8. The second-order valence-electron chi connectivity index (χ2n) is 3.99. The summed E-state index contributed by atoms with van der Waals surface area (Å²) >= 11 is 1.45. The van der Waals surface area contributed by atoms with Crippen LogP contribution in [0.3, 0.4) is 0 Å². The van der Waals surface area contributed by atoms with E-state index in [0.29, 0.717) is 11.3 Å². The molecule has 0 saturated carbocycles. The van der Waals surface area contributed by atoms with E-state index in [9.17, 15) is 10.1 Å². The lowest BCUT2D eigenvalue weighted by molar-refractivity contribution is -0.385. The van der Waals surface area contributed by atoms with Crippen molar-refractivity contribution in [1.29, 1.82) is 0 Å². The van der Waals surface area contributed by atoms with Gasteiger partial charge in [0, 0.05) is 30.9 Å². The van der Waals surface area contributed by atoms with Gasteiger partial charge in [0.25, 0.3) is 5.69 Å². The van der Waals surface area contributed by atoms with E-state index < -0.39 is 0 Å². The molecule has 0 fully saturated rings. The molecule has 1 aromatic carbocycles. The van der Waals surface area contributed by atoms with E-state index in [0.717, 1.165) is 17.4 Å². The lowest BCUT2D eigenvalue weighted by Gasteiger charge is -2.03.